The highest BCUT2D eigenvalue weighted by atomic mass is 79.9. The molecule has 51 heavy (non-hydrogen) atoms. The molecule has 3 atom stereocenters. The molecule has 4 heterocycles. The standard InChI is InChI=1S/C24H28ClFN6O.C11H10BrClFN3O/c1-14(2)32-24(33-20-6-4-5-19(25)23(20)26)29-21(30-32)10-18-16-7-8-17(18)12-31(11-16)22-9-15(3)27-13-28-22;1-6(2)17-11(15-10(12)16-17)18-8-5-3-4-7(13)9(8)14/h4-6,9,13-14,16-18H,7-8,10-12H2,1-3H3;3-6H,1-2H3/t16-,17+,18?;. The Hall–Kier alpha value is -3.88. The molecule has 5 aromatic rings. The molecule has 2 fully saturated rings. The minimum atomic E-state index is -0.617. The number of hydrogen-bond acceptors (Lipinski definition) is 9. The second-order valence-electron chi connectivity index (χ2n) is 13.2. The fourth-order valence-corrected chi connectivity index (χ4v) is 7.19. The van der Waals surface area contributed by atoms with E-state index in [4.69, 9.17) is 37.8 Å². The molecule has 16 heteroatoms. The number of piperidine rings is 1. The number of ether oxygens (including phenoxy) is 2. The van der Waals surface area contributed by atoms with Crippen molar-refractivity contribution in [3.63, 3.8) is 0 Å². The van der Waals surface area contributed by atoms with E-state index in [0.717, 1.165) is 36.8 Å². The zero-order chi connectivity index (χ0) is 36.4. The molecule has 1 aliphatic heterocycles. The zero-order valence-corrected chi connectivity index (χ0v) is 31.9. The van der Waals surface area contributed by atoms with Crippen molar-refractivity contribution in [1.29, 1.82) is 0 Å². The van der Waals surface area contributed by atoms with Crippen LogP contribution in [0.4, 0.5) is 14.6 Å². The average molecular weight is 806 g/mol. The molecule has 0 N–H and O–H groups in total. The van der Waals surface area contributed by atoms with Crippen LogP contribution in [0.2, 0.25) is 10.0 Å². The normalized spacial score (nSPS) is 18.3. The molecule has 270 valence electrons. The molecular formula is C35H38BrCl2F2N9O2. The lowest BCUT2D eigenvalue weighted by atomic mass is 9.82. The summed E-state index contributed by atoms with van der Waals surface area (Å²) in [5, 5.41) is 8.85. The molecule has 0 spiro atoms. The average Bonchev–Trinajstić information content (AvgIpc) is 3.73. The third-order valence-electron chi connectivity index (χ3n) is 8.99. The van der Waals surface area contributed by atoms with Gasteiger partial charge in [0.25, 0.3) is 0 Å². The summed E-state index contributed by atoms with van der Waals surface area (Å²) in [6.07, 6.45) is 4.85. The molecule has 11 nitrogen and oxygen atoms in total. The number of aryl methyl sites for hydroxylation is 1. The Labute approximate surface area is 313 Å². The summed E-state index contributed by atoms with van der Waals surface area (Å²) in [5.74, 6) is 2.27. The maximum Gasteiger partial charge on any atom is 0.321 e. The minimum Gasteiger partial charge on any atom is -0.421 e. The van der Waals surface area contributed by atoms with Crippen LogP contribution in [0.5, 0.6) is 23.5 Å². The van der Waals surface area contributed by atoms with E-state index in [1.807, 2.05) is 34.6 Å². The topological polar surface area (TPSA) is 109 Å². The van der Waals surface area contributed by atoms with Gasteiger partial charge in [0, 0.05) is 31.3 Å². The van der Waals surface area contributed by atoms with Crippen LogP contribution in [0.3, 0.4) is 0 Å². The molecule has 1 unspecified atom stereocenters. The van der Waals surface area contributed by atoms with Gasteiger partial charge in [-0.05, 0) is 105 Å². The summed E-state index contributed by atoms with van der Waals surface area (Å²) >= 11 is 14.7. The highest BCUT2D eigenvalue weighted by Crippen LogP contribution is 2.44. The number of rotatable bonds is 9. The maximum absolute atomic E-state index is 14.4. The van der Waals surface area contributed by atoms with Gasteiger partial charge in [0.05, 0.1) is 22.1 Å². The largest absolute Gasteiger partial charge is 0.421 e. The number of fused-ring (bicyclic) bond motifs is 2. The molecule has 1 saturated carbocycles. The van der Waals surface area contributed by atoms with Gasteiger partial charge >= 0.3 is 12.0 Å². The van der Waals surface area contributed by atoms with Gasteiger partial charge in [0.15, 0.2) is 29.0 Å². The Balaban J connectivity index is 0.000000211. The highest BCUT2D eigenvalue weighted by molar-refractivity contribution is 9.10. The predicted octanol–water partition coefficient (Wildman–Crippen LogP) is 9.45. The van der Waals surface area contributed by atoms with Crippen LogP contribution in [-0.2, 0) is 6.42 Å². The van der Waals surface area contributed by atoms with Gasteiger partial charge in [-0.15, -0.1) is 5.10 Å². The van der Waals surface area contributed by atoms with E-state index in [9.17, 15) is 8.78 Å². The van der Waals surface area contributed by atoms with Gasteiger partial charge in [-0.25, -0.2) is 28.1 Å². The smallest absolute Gasteiger partial charge is 0.321 e. The number of hydrogen-bond donors (Lipinski definition) is 0. The molecule has 2 aliphatic rings. The molecular weight excluding hydrogens is 767 g/mol. The molecule has 1 saturated heterocycles. The lowest BCUT2D eigenvalue weighted by molar-refractivity contribution is 0.264. The highest BCUT2D eigenvalue weighted by Gasteiger charge is 2.43. The molecule has 2 aromatic carbocycles. The first-order valence-corrected chi connectivity index (χ1v) is 18.3. The Morgan fingerprint density at radius 2 is 1.37 bits per heavy atom. The van der Waals surface area contributed by atoms with Crippen LogP contribution in [0.1, 0.15) is 64.1 Å². The predicted molar refractivity (Wildman–Crippen MR) is 194 cm³/mol. The van der Waals surface area contributed by atoms with E-state index in [0.29, 0.717) is 28.5 Å². The lowest BCUT2D eigenvalue weighted by Gasteiger charge is -2.38. The Bertz CT molecular complexity index is 1980. The first-order chi connectivity index (χ1) is 24.4. The van der Waals surface area contributed by atoms with Gasteiger partial charge in [0.1, 0.15) is 12.1 Å². The Morgan fingerprint density at radius 1 is 0.824 bits per heavy atom. The fraction of sp³-hybridized carbons (Fsp3) is 0.429. The SMILES string of the molecule is CC(C)n1nc(Br)nc1Oc1cccc(Cl)c1F.Cc1cc(N2C[C@H]3CC[C@@H](C2)C3Cc2nc(Oc3cccc(Cl)c3F)n(C(C)C)n2)ncn1. The number of halogens is 5. The van der Waals surface area contributed by atoms with E-state index < -0.39 is 11.6 Å². The van der Waals surface area contributed by atoms with Crippen molar-refractivity contribution in [2.24, 2.45) is 17.8 Å². The monoisotopic (exact) mass is 803 g/mol. The van der Waals surface area contributed by atoms with Crippen molar-refractivity contribution in [3.05, 3.63) is 86.7 Å². The van der Waals surface area contributed by atoms with Gasteiger partial charge < -0.3 is 14.4 Å². The van der Waals surface area contributed by atoms with Crippen molar-refractivity contribution in [1.82, 2.24) is 39.5 Å². The van der Waals surface area contributed by atoms with E-state index in [1.54, 1.807) is 33.9 Å². The van der Waals surface area contributed by atoms with Crippen LogP contribution >= 0.6 is 39.1 Å². The minimum absolute atomic E-state index is 0.00202. The van der Waals surface area contributed by atoms with Crippen molar-refractivity contribution < 1.29 is 18.3 Å². The quantitative estimate of drug-likeness (QED) is 0.144. The van der Waals surface area contributed by atoms with Crippen molar-refractivity contribution in [3.8, 4) is 23.5 Å². The Kier molecular flexibility index (Phi) is 11.4. The molecule has 3 aromatic heterocycles. The van der Waals surface area contributed by atoms with Crippen molar-refractivity contribution >= 4 is 44.9 Å². The summed E-state index contributed by atoms with van der Waals surface area (Å²) in [6, 6.07) is 11.9. The number of nitrogens with zero attached hydrogens (tertiary/aromatic N) is 9. The number of benzene rings is 2. The molecule has 0 radical (unpaired) electrons. The Morgan fingerprint density at radius 3 is 1.92 bits per heavy atom. The fourth-order valence-electron chi connectivity index (χ4n) is 6.54. The van der Waals surface area contributed by atoms with Gasteiger partial charge in [0.2, 0.25) is 4.73 Å². The van der Waals surface area contributed by atoms with Crippen molar-refractivity contribution in [2.45, 2.75) is 66.0 Å². The van der Waals surface area contributed by atoms with Crippen LogP contribution in [0.25, 0.3) is 0 Å². The molecule has 7 rings (SSSR count). The van der Waals surface area contributed by atoms with Crippen LogP contribution in [0, 0.1) is 36.3 Å². The van der Waals surface area contributed by atoms with E-state index >= 15 is 0 Å². The third-order valence-corrected chi connectivity index (χ3v) is 9.91. The molecule has 2 bridgehead atoms. The van der Waals surface area contributed by atoms with E-state index in [2.05, 4.69) is 51.9 Å². The molecule has 1 aliphatic carbocycles. The second-order valence-corrected chi connectivity index (χ2v) is 14.8. The summed E-state index contributed by atoms with van der Waals surface area (Å²) in [7, 11) is 0. The molecule has 0 amide bonds. The summed E-state index contributed by atoms with van der Waals surface area (Å²) < 4.78 is 43.0. The van der Waals surface area contributed by atoms with Crippen LogP contribution in [-0.4, -0.2) is 52.6 Å². The first kappa shape index (κ1) is 36.9. The summed E-state index contributed by atoms with van der Waals surface area (Å²) in [4.78, 5) is 19.8. The van der Waals surface area contributed by atoms with E-state index in [-0.39, 0.29) is 39.6 Å². The van der Waals surface area contributed by atoms with Gasteiger partial charge in [-0.2, -0.15) is 15.1 Å². The lowest BCUT2D eigenvalue weighted by Crippen LogP contribution is -2.43. The summed E-state index contributed by atoms with van der Waals surface area (Å²) in [6.45, 7) is 11.8. The van der Waals surface area contributed by atoms with Gasteiger partial charge in [-0.3, -0.25) is 0 Å². The van der Waals surface area contributed by atoms with Crippen LogP contribution in [0.15, 0.2) is 53.5 Å². The first-order valence-electron chi connectivity index (χ1n) is 16.7. The van der Waals surface area contributed by atoms with Crippen molar-refractivity contribution in [2.75, 3.05) is 18.0 Å². The van der Waals surface area contributed by atoms with Gasteiger partial charge in [-0.1, -0.05) is 35.3 Å². The number of aromatic nitrogens is 8. The third kappa shape index (κ3) is 8.44. The summed E-state index contributed by atoms with van der Waals surface area (Å²) in [5.41, 5.74) is 0.988. The maximum atomic E-state index is 14.4. The second kappa shape index (κ2) is 15.8. The van der Waals surface area contributed by atoms with Crippen LogP contribution < -0.4 is 14.4 Å². The van der Waals surface area contributed by atoms with E-state index in [1.165, 1.54) is 31.0 Å². The number of anilines is 1. The zero-order valence-electron chi connectivity index (χ0n) is 28.8.